The number of carbonyl (C=O) groups excluding carboxylic acids is 1. The fraction of sp³-hybridized carbons (Fsp3) is 0.611. The van der Waals surface area contributed by atoms with E-state index in [1.54, 1.807) is 7.05 Å². The highest BCUT2D eigenvalue weighted by Crippen LogP contribution is 2.38. The number of nitrogens with zero attached hydrogens (tertiary/aromatic N) is 1. The largest absolute Gasteiger partial charge is 0.489 e. The zero-order valence-corrected chi connectivity index (χ0v) is 15.9. The number of likely N-dealkylation sites (tertiary alicyclic amines) is 1. The number of hydrogen-bond acceptors (Lipinski definition) is 4. The van der Waals surface area contributed by atoms with Gasteiger partial charge in [0.1, 0.15) is 5.75 Å². The minimum Gasteiger partial charge on any atom is -0.489 e. The third-order valence-corrected chi connectivity index (χ3v) is 5.64. The van der Waals surface area contributed by atoms with E-state index in [1.807, 2.05) is 12.1 Å². The molecule has 0 bridgehead atoms. The van der Waals surface area contributed by atoms with Gasteiger partial charge in [-0.1, -0.05) is 23.2 Å². The van der Waals surface area contributed by atoms with Crippen molar-refractivity contribution < 1.29 is 14.3 Å². The second-order valence-corrected chi connectivity index (χ2v) is 7.53. The maximum atomic E-state index is 11.1. The number of ether oxygens (including phenoxy) is 2. The van der Waals surface area contributed by atoms with Gasteiger partial charge in [0.25, 0.3) is 0 Å². The number of hydrogen-bond donors (Lipinski definition) is 1. The molecule has 7 heteroatoms. The molecule has 1 heterocycles. The first-order valence-electron chi connectivity index (χ1n) is 8.77. The van der Waals surface area contributed by atoms with Crippen molar-refractivity contribution in [3.05, 3.63) is 27.7 Å². The van der Waals surface area contributed by atoms with E-state index in [0.717, 1.165) is 38.0 Å². The van der Waals surface area contributed by atoms with E-state index in [1.165, 1.54) is 12.8 Å². The molecule has 25 heavy (non-hydrogen) atoms. The van der Waals surface area contributed by atoms with Crippen molar-refractivity contribution in [2.24, 2.45) is 5.92 Å². The number of rotatable bonds is 6. The molecule has 5 nitrogen and oxygen atoms in total. The van der Waals surface area contributed by atoms with Crippen LogP contribution in [0.5, 0.6) is 5.75 Å². The minimum atomic E-state index is -0.392. The van der Waals surface area contributed by atoms with Crippen molar-refractivity contribution in [2.45, 2.75) is 38.3 Å². The average molecular weight is 387 g/mol. The highest BCUT2D eigenvalue weighted by Gasteiger charge is 2.32. The Morgan fingerprint density at radius 2 is 2.00 bits per heavy atom. The fourth-order valence-corrected chi connectivity index (χ4v) is 3.86. The lowest BCUT2D eigenvalue weighted by atomic mass is 9.83. The van der Waals surface area contributed by atoms with Gasteiger partial charge in [-0.3, -0.25) is 4.90 Å². The van der Waals surface area contributed by atoms with Crippen LogP contribution in [0.3, 0.4) is 0 Å². The molecule has 1 saturated carbocycles. The predicted molar refractivity (Wildman–Crippen MR) is 98.5 cm³/mol. The van der Waals surface area contributed by atoms with Crippen LogP contribution in [0, 0.1) is 5.92 Å². The third kappa shape index (κ3) is 4.72. The first-order valence-corrected chi connectivity index (χ1v) is 9.52. The van der Waals surface area contributed by atoms with Crippen LogP contribution in [-0.2, 0) is 11.3 Å². The molecule has 0 radical (unpaired) electrons. The van der Waals surface area contributed by atoms with Crippen LogP contribution in [0.15, 0.2) is 12.1 Å². The molecule has 1 amide bonds. The van der Waals surface area contributed by atoms with Crippen molar-refractivity contribution >= 4 is 29.3 Å². The van der Waals surface area contributed by atoms with Gasteiger partial charge >= 0.3 is 6.09 Å². The molecular formula is C18H24Cl2N2O3. The normalized spacial score (nSPS) is 23.2. The zero-order valence-electron chi connectivity index (χ0n) is 14.4. The second kappa shape index (κ2) is 8.47. The van der Waals surface area contributed by atoms with Crippen LogP contribution < -0.4 is 10.1 Å². The molecule has 1 N–H and O–H groups in total. The molecule has 1 aromatic carbocycles. The topological polar surface area (TPSA) is 50.8 Å². The van der Waals surface area contributed by atoms with Gasteiger partial charge < -0.3 is 14.8 Å². The van der Waals surface area contributed by atoms with E-state index in [0.29, 0.717) is 28.3 Å². The summed E-state index contributed by atoms with van der Waals surface area (Å²) in [4.78, 5) is 13.5. The fourth-order valence-electron chi connectivity index (χ4n) is 3.33. The van der Waals surface area contributed by atoms with Crippen molar-refractivity contribution in [3.63, 3.8) is 0 Å². The molecule has 0 atom stereocenters. The second-order valence-electron chi connectivity index (χ2n) is 6.75. The summed E-state index contributed by atoms with van der Waals surface area (Å²) in [6.07, 6.45) is 3.89. The lowest BCUT2D eigenvalue weighted by Crippen LogP contribution is -2.37. The Labute approximate surface area is 158 Å². The molecule has 0 aromatic heterocycles. The monoisotopic (exact) mass is 386 g/mol. The predicted octanol–water partition coefficient (Wildman–Crippen LogP) is 4.10. The molecular weight excluding hydrogens is 363 g/mol. The van der Waals surface area contributed by atoms with Crippen LogP contribution in [0.25, 0.3) is 0 Å². The van der Waals surface area contributed by atoms with Gasteiger partial charge in [0, 0.05) is 30.1 Å². The van der Waals surface area contributed by atoms with Gasteiger partial charge in [0.05, 0.1) is 17.7 Å². The van der Waals surface area contributed by atoms with Crippen molar-refractivity contribution in [3.8, 4) is 5.75 Å². The number of nitrogens with one attached hydrogen (secondary N) is 1. The molecule has 1 saturated heterocycles. The Morgan fingerprint density at radius 3 is 2.68 bits per heavy atom. The maximum Gasteiger partial charge on any atom is 0.406 e. The van der Waals surface area contributed by atoms with Crippen LogP contribution >= 0.6 is 23.2 Å². The number of halogens is 2. The lowest BCUT2D eigenvalue weighted by Gasteiger charge is -2.35. The summed E-state index contributed by atoms with van der Waals surface area (Å²) < 4.78 is 11.1. The Morgan fingerprint density at radius 1 is 1.28 bits per heavy atom. The molecule has 1 aromatic rings. The Kier molecular flexibility index (Phi) is 6.31. The number of benzene rings is 1. The molecule has 1 aliphatic carbocycles. The first kappa shape index (κ1) is 18.6. The summed E-state index contributed by atoms with van der Waals surface area (Å²) in [7, 11) is 1.55. The minimum absolute atomic E-state index is 0.108. The van der Waals surface area contributed by atoms with Crippen molar-refractivity contribution in [1.82, 2.24) is 10.2 Å². The van der Waals surface area contributed by atoms with Gasteiger partial charge in [0.15, 0.2) is 0 Å². The van der Waals surface area contributed by atoms with Crippen LogP contribution in [0.4, 0.5) is 4.79 Å². The smallest absolute Gasteiger partial charge is 0.406 e. The van der Waals surface area contributed by atoms with E-state index in [4.69, 9.17) is 32.7 Å². The summed E-state index contributed by atoms with van der Waals surface area (Å²) in [6, 6.07) is 3.70. The van der Waals surface area contributed by atoms with Gasteiger partial charge in [-0.05, 0) is 50.9 Å². The van der Waals surface area contributed by atoms with E-state index < -0.39 is 6.09 Å². The molecule has 3 rings (SSSR count). The van der Waals surface area contributed by atoms with E-state index in [-0.39, 0.29) is 6.10 Å². The van der Waals surface area contributed by atoms with E-state index >= 15 is 0 Å². The van der Waals surface area contributed by atoms with Gasteiger partial charge in [-0.2, -0.15) is 0 Å². The summed E-state index contributed by atoms with van der Waals surface area (Å²) in [5.41, 5.74) is 0.946. The molecule has 2 fully saturated rings. The molecule has 138 valence electrons. The SMILES string of the molecule is CNC(=O)OC[C@H]1C[C@H](Oc2ccc(Cl)c(CN3CCCC3)c2Cl)C1. The number of carbonyl (C=O) groups is 1. The van der Waals surface area contributed by atoms with Gasteiger partial charge in [0.2, 0.25) is 0 Å². The third-order valence-electron chi connectivity index (χ3n) is 4.87. The molecule has 0 unspecified atom stereocenters. The quantitative estimate of drug-likeness (QED) is 0.799. The van der Waals surface area contributed by atoms with Crippen LogP contribution in [0.2, 0.25) is 10.0 Å². The lowest BCUT2D eigenvalue weighted by molar-refractivity contribution is 0.0241. The highest BCUT2D eigenvalue weighted by molar-refractivity contribution is 6.36. The van der Waals surface area contributed by atoms with Crippen LogP contribution in [-0.4, -0.2) is 43.8 Å². The number of alkyl carbamates (subject to hydrolysis) is 1. The molecule has 2 aliphatic rings. The van der Waals surface area contributed by atoms with E-state index in [2.05, 4.69) is 10.2 Å². The highest BCUT2D eigenvalue weighted by atomic mass is 35.5. The summed E-state index contributed by atoms with van der Waals surface area (Å²) in [6.45, 7) is 3.37. The zero-order chi connectivity index (χ0) is 17.8. The first-order chi connectivity index (χ1) is 12.1. The van der Waals surface area contributed by atoms with Gasteiger partial charge in [-0.25, -0.2) is 4.79 Å². The summed E-state index contributed by atoms with van der Waals surface area (Å²) in [5.74, 6) is 1.04. The maximum absolute atomic E-state index is 11.1. The summed E-state index contributed by atoms with van der Waals surface area (Å²) in [5, 5.41) is 3.75. The Hall–Kier alpha value is -1.17. The van der Waals surface area contributed by atoms with Crippen LogP contribution in [0.1, 0.15) is 31.2 Å². The van der Waals surface area contributed by atoms with Crippen molar-refractivity contribution in [1.29, 1.82) is 0 Å². The molecule has 0 spiro atoms. The Balaban J connectivity index is 1.54. The number of amides is 1. The average Bonchev–Trinajstić information content (AvgIpc) is 3.08. The van der Waals surface area contributed by atoms with Gasteiger partial charge in [-0.15, -0.1) is 0 Å². The van der Waals surface area contributed by atoms with Crippen molar-refractivity contribution in [2.75, 3.05) is 26.7 Å². The van der Waals surface area contributed by atoms with E-state index in [9.17, 15) is 4.79 Å². The standard InChI is InChI=1S/C18H24Cl2N2O3/c1-21-18(23)24-11-12-8-13(9-12)25-16-5-4-15(19)14(17(16)20)10-22-6-2-3-7-22/h4-5,12-13H,2-3,6-11H2,1H3,(H,21,23)/t12-,13-. The Bertz CT molecular complexity index is 615. The summed E-state index contributed by atoms with van der Waals surface area (Å²) >= 11 is 12.9. The molecule has 1 aliphatic heterocycles.